The summed E-state index contributed by atoms with van der Waals surface area (Å²) in [5.41, 5.74) is 2.13. The van der Waals surface area contributed by atoms with Crippen LogP contribution >= 0.6 is 0 Å². The third-order valence-electron chi connectivity index (χ3n) is 7.57. The zero-order chi connectivity index (χ0) is 30.2. The molecule has 0 aromatic heterocycles. The average Bonchev–Trinajstić information content (AvgIpc) is 3.25. The number of nitrogens with one attached hydrogen (secondary N) is 1. The Morgan fingerprint density at radius 1 is 0.929 bits per heavy atom. The number of rotatable bonds is 10. The molecular formula is C31H40N4O7. The van der Waals surface area contributed by atoms with Gasteiger partial charge in [-0.05, 0) is 50.6 Å². The van der Waals surface area contributed by atoms with Crippen molar-refractivity contribution in [3.8, 4) is 17.2 Å². The van der Waals surface area contributed by atoms with E-state index in [1.165, 1.54) is 7.11 Å². The highest BCUT2D eigenvalue weighted by atomic mass is 16.5. The summed E-state index contributed by atoms with van der Waals surface area (Å²) in [5.74, 6) is 1.15. The lowest BCUT2D eigenvalue weighted by Gasteiger charge is -2.38. The summed E-state index contributed by atoms with van der Waals surface area (Å²) in [6, 6.07) is 11.3. The highest BCUT2D eigenvalue weighted by molar-refractivity contribution is 5.96. The number of methoxy groups -OCH3 is 3. The van der Waals surface area contributed by atoms with Crippen molar-refractivity contribution in [2.75, 3.05) is 67.2 Å². The first-order valence-electron chi connectivity index (χ1n) is 14.2. The van der Waals surface area contributed by atoms with Crippen LogP contribution in [0.4, 0.5) is 4.79 Å². The number of amides is 3. The molecule has 11 nitrogen and oxygen atoms in total. The minimum atomic E-state index is -0.784. The molecule has 1 atom stereocenters. The van der Waals surface area contributed by atoms with Crippen LogP contribution in [0.15, 0.2) is 53.7 Å². The van der Waals surface area contributed by atoms with Crippen molar-refractivity contribution in [2.24, 2.45) is 0 Å². The quantitative estimate of drug-likeness (QED) is 0.426. The van der Waals surface area contributed by atoms with E-state index in [-0.39, 0.29) is 18.5 Å². The predicted octanol–water partition coefficient (Wildman–Crippen LogP) is 3.46. The van der Waals surface area contributed by atoms with Crippen LogP contribution in [0.2, 0.25) is 0 Å². The molecule has 0 radical (unpaired) electrons. The Hall–Kier alpha value is -4.25. The van der Waals surface area contributed by atoms with Crippen LogP contribution in [-0.4, -0.2) is 99.8 Å². The molecule has 3 amide bonds. The van der Waals surface area contributed by atoms with E-state index in [0.717, 1.165) is 6.42 Å². The summed E-state index contributed by atoms with van der Waals surface area (Å²) in [6.45, 7) is 6.88. The Kier molecular flexibility index (Phi) is 10.3. The zero-order valence-corrected chi connectivity index (χ0v) is 25.0. The average molecular weight is 581 g/mol. The molecule has 2 aromatic carbocycles. The summed E-state index contributed by atoms with van der Waals surface area (Å²) >= 11 is 0. The second kappa shape index (κ2) is 14.1. The van der Waals surface area contributed by atoms with Crippen LogP contribution in [0.5, 0.6) is 17.2 Å². The largest absolute Gasteiger partial charge is 0.497 e. The number of esters is 1. The van der Waals surface area contributed by atoms with E-state index < -0.39 is 12.0 Å². The number of urea groups is 1. The number of nitrogens with zero attached hydrogens (tertiary/aromatic N) is 3. The monoisotopic (exact) mass is 580 g/mol. The van der Waals surface area contributed by atoms with Gasteiger partial charge in [0.05, 0.1) is 39.6 Å². The molecule has 1 N–H and O–H groups in total. The van der Waals surface area contributed by atoms with Crippen molar-refractivity contribution in [3.05, 3.63) is 64.9 Å². The third kappa shape index (κ3) is 6.62. The molecule has 0 bridgehead atoms. The number of benzene rings is 2. The molecule has 11 heteroatoms. The first-order valence-corrected chi connectivity index (χ1v) is 14.2. The van der Waals surface area contributed by atoms with Crippen molar-refractivity contribution in [1.82, 2.24) is 20.0 Å². The molecule has 1 unspecified atom stereocenters. The van der Waals surface area contributed by atoms with Crippen LogP contribution in [-0.2, 0) is 9.53 Å². The molecule has 1 saturated heterocycles. The zero-order valence-electron chi connectivity index (χ0n) is 25.0. The molecule has 2 aliphatic heterocycles. The molecule has 2 aromatic rings. The topological polar surface area (TPSA) is 110 Å². The van der Waals surface area contributed by atoms with E-state index in [9.17, 15) is 14.4 Å². The predicted molar refractivity (Wildman–Crippen MR) is 157 cm³/mol. The molecule has 0 saturated carbocycles. The summed E-state index contributed by atoms with van der Waals surface area (Å²) in [6.07, 6.45) is 0.742. The molecule has 0 aliphatic carbocycles. The number of hydrogen-bond acceptors (Lipinski definition) is 8. The van der Waals surface area contributed by atoms with Crippen molar-refractivity contribution < 1.29 is 33.3 Å². The number of hydrogen-bond donors (Lipinski definition) is 1. The number of carbonyl (C=O) groups excluding carboxylic acids is 3. The lowest BCUT2D eigenvalue weighted by molar-refractivity contribution is -0.139. The highest BCUT2D eigenvalue weighted by Gasteiger charge is 2.39. The third-order valence-corrected chi connectivity index (χ3v) is 7.57. The standard InChI is InChI=1S/C31H40N4O7/c1-6-35-25(20-33-14-9-15-34(17-16-33)29(36)21-10-8-11-22(18-21)39-3)27(30(37)42-7-2)28(32-31(35)38)24-13-12-23(40-4)19-26(24)41-5/h8,10-13,18-19,28H,6-7,9,14-17,20H2,1-5H3,(H,32,38). The summed E-state index contributed by atoms with van der Waals surface area (Å²) in [5, 5.41) is 2.99. The van der Waals surface area contributed by atoms with Crippen LogP contribution in [0.3, 0.4) is 0 Å². The molecule has 1 fully saturated rings. The fourth-order valence-electron chi connectivity index (χ4n) is 5.43. The van der Waals surface area contributed by atoms with E-state index in [0.29, 0.717) is 78.9 Å². The van der Waals surface area contributed by atoms with Gasteiger partial charge in [0.15, 0.2) is 0 Å². The number of carbonyl (C=O) groups is 3. The van der Waals surface area contributed by atoms with Crippen molar-refractivity contribution in [3.63, 3.8) is 0 Å². The first-order chi connectivity index (χ1) is 20.3. The molecule has 42 heavy (non-hydrogen) atoms. The van der Waals surface area contributed by atoms with Gasteiger partial charge in [-0.2, -0.15) is 0 Å². The fourth-order valence-corrected chi connectivity index (χ4v) is 5.43. The molecule has 2 aliphatic rings. The normalized spacial score (nSPS) is 17.8. The van der Waals surface area contributed by atoms with Gasteiger partial charge in [-0.3, -0.25) is 14.6 Å². The Morgan fingerprint density at radius 2 is 1.69 bits per heavy atom. The van der Waals surface area contributed by atoms with Gasteiger partial charge in [0, 0.05) is 62.2 Å². The van der Waals surface area contributed by atoms with Crippen molar-refractivity contribution in [1.29, 1.82) is 0 Å². The van der Waals surface area contributed by atoms with E-state index in [1.807, 2.05) is 17.9 Å². The summed E-state index contributed by atoms with van der Waals surface area (Å²) < 4.78 is 21.8. The molecule has 2 heterocycles. The Bertz CT molecular complexity index is 1330. The Morgan fingerprint density at radius 3 is 2.38 bits per heavy atom. The van der Waals surface area contributed by atoms with Gasteiger partial charge in [0.25, 0.3) is 5.91 Å². The number of likely N-dealkylation sites (N-methyl/N-ethyl adjacent to an activating group) is 1. The van der Waals surface area contributed by atoms with Gasteiger partial charge in [0.2, 0.25) is 0 Å². The highest BCUT2D eigenvalue weighted by Crippen LogP contribution is 2.38. The molecule has 4 rings (SSSR count). The number of ether oxygens (including phenoxy) is 4. The van der Waals surface area contributed by atoms with Crippen molar-refractivity contribution >= 4 is 17.9 Å². The maximum absolute atomic E-state index is 13.5. The first kappa shape index (κ1) is 30.7. The van der Waals surface area contributed by atoms with Crippen LogP contribution < -0.4 is 19.5 Å². The maximum atomic E-state index is 13.5. The van der Waals surface area contributed by atoms with E-state index in [1.54, 1.807) is 62.4 Å². The second-order valence-corrected chi connectivity index (χ2v) is 9.97. The minimum absolute atomic E-state index is 0.0546. The van der Waals surface area contributed by atoms with Gasteiger partial charge in [-0.25, -0.2) is 9.59 Å². The summed E-state index contributed by atoms with van der Waals surface area (Å²) in [7, 11) is 4.67. The van der Waals surface area contributed by atoms with Gasteiger partial charge >= 0.3 is 12.0 Å². The Labute approximate surface area is 246 Å². The van der Waals surface area contributed by atoms with Crippen LogP contribution in [0, 0.1) is 0 Å². The summed E-state index contributed by atoms with van der Waals surface area (Å²) in [4.78, 5) is 45.8. The fraction of sp³-hybridized carbons (Fsp3) is 0.452. The van der Waals surface area contributed by atoms with E-state index in [4.69, 9.17) is 18.9 Å². The van der Waals surface area contributed by atoms with Crippen molar-refractivity contribution in [2.45, 2.75) is 26.3 Å². The van der Waals surface area contributed by atoms with Gasteiger partial charge in [-0.15, -0.1) is 0 Å². The van der Waals surface area contributed by atoms with Gasteiger partial charge in [0.1, 0.15) is 17.2 Å². The van der Waals surface area contributed by atoms with E-state index >= 15 is 0 Å². The second-order valence-electron chi connectivity index (χ2n) is 9.97. The van der Waals surface area contributed by atoms with Gasteiger partial charge in [-0.1, -0.05) is 6.07 Å². The minimum Gasteiger partial charge on any atom is -0.497 e. The molecular weight excluding hydrogens is 540 g/mol. The Balaban J connectivity index is 1.65. The van der Waals surface area contributed by atoms with Crippen LogP contribution in [0.25, 0.3) is 0 Å². The molecule has 0 spiro atoms. The SMILES string of the molecule is CCOC(=O)C1=C(CN2CCCN(C(=O)c3cccc(OC)c3)CC2)N(CC)C(=O)NC1c1ccc(OC)cc1OC. The lowest BCUT2D eigenvalue weighted by atomic mass is 9.93. The van der Waals surface area contributed by atoms with E-state index in [2.05, 4.69) is 10.2 Å². The molecule has 226 valence electrons. The van der Waals surface area contributed by atoms with Gasteiger partial charge < -0.3 is 29.2 Å². The smallest absolute Gasteiger partial charge is 0.338 e. The van der Waals surface area contributed by atoms with Crippen LogP contribution in [0.1, 0.15) is 42.2 Å². The lowest BCUT2D eigenvalue weighted by Crippen LogP contribution is -2.51. The maximum Gasteiger partial charge on any atom is 0.338 e.